The molecule has 1 aliphatic rings. The van der Waals surface area contributed by atoms with Crippen LogP contribution in [-0.4, -0.2) is 35.8 Å². The van der Waals surface area contributed by atoms with Gasteiger partial charge < -0.3 is 9.84 Å². The summed E-state index contributed by atoms with van der Waals surface area (Å²) < 4.78 is 18.7. The van der Waals surface area contributed by atoms with Gasteiger partial charge in [-0.2, -0.15) is 0 Å². The molecule has 1 saturated heterocycles. The Hall–Kier alpha value is -1.13. The number of phenolic OH excluding ortho intramolecular Hbond substituents is 1. The molecule has 18 heavy (non-hydrogen) atoms. The number of halogens is 1. The first-order valence-corrected chi connectivity index (χ1v) is 6.50. The maximum absolute atomic E-state index is 13.1. The second-order valence-electron chi connectivity index (χ2n) is 4.70. The molecule has 1 fully saturated rings. The average Bonchev–Trinajstić information content (AvgIpc) is 2.37. The molecule has 1 heterocycles. The van der Waals surface area contributed by atoms with Crippen molar-refractivity contribution in [3.8, 4) is 5.75 Å². The monoisotopic (exact) mass is 253 g/mol. The first kappa shape index (κ1) is 13.3. The summed E-state index contributed by atoms with van der Waals surface area (Å²) in [5.74, 6) is -0.129. The largest absolute Gasteiger partial charge is 0.508 e. The molecule has 0 saturated carbocycles. The highest BCUT2D eigenvalue weighted by molar-refractivity contribution is 5.32. The number of likely N-dealkylation sites (tertiary alicyclic amines) is 1. The molecule has 0 unspecified atom stereocenters. The van der Waals surface area contributed by atoms with Crippen molar-refractivity contribution in [2.24, 2.45) is 0 Å². The fourth-order valence-electron chi connectivity index (χ4n) is 2.39. The molecule has 0 aliphatic carbocycles. The summed E-state index contributed by atoms with van der Waals surface area (Å²) in [6.07, 6.45) is 2.36. The highest BCUT2D eigenvalue weighted by Gasteiger charge is 2.20. The van der Waals surface area contributed by atoms with Crippen LogP contribution in [0.1, 0.15) is 25.3 Å². The van der Waals surface area contributed by atoms with Crippen molar-refractivity contribution in [2.75, 3.05) is 19.7 Å². The first-order valence-electron chi connectivity index (χ1n) is 6.50. The van der Waals surface area contributed by atoms with E-state index in [1.165, 1.54) is 18.2 Å². The van der Waals surface area contributed by atoms with Gasteiger partial charge in [0.05, 0.1) is 6.10 Å². The van der Waals surface area contributed by atoms with Crippen molar-refractivity contribution in [1.29, 1.82) is 0 Å². The summed E-state index contributed by atoms with van der Waals surface area (Å²) in [5, 5.41) is 9.68. The van der Waals surface area contributed by atoms with Crippen molar-refractivity contribution < 1.29 is 14.2 Å². The van der Waals surface area contributed by atoms with Gasteiger partial charge in [0.15, 0.2) is 0 Å². The molecule has 0 aromatic heterocycles. The Morgan fingerprint density at radius 3 is 2.78 bits per heavy atom. The molecular weight excluding hydrogens is 233 g/mol. The average molecular weight is 253 g/mol. The summed E-state index contributed by atoms with van der Waals surface area (Å²) in [5.41, 5.74) is 0.657. The Morgan fingerprint density at radius 1 is 1.39 bits per heavy atom. The normalized spacial score (nSPS) is 18.1. The SMILES string of the molecule is CCOC1CCN(Cc2cc(F)ccc2O)CC1. The van der Waals surface area contributed by atoms with E-state index in [9.17, 15) is 9.50 Å². The van der Waals surface area contributed by atoms with E-state index in [4.69, 9.17) is 4.74 Å². The lowest BCUT2D eigenvalue weighted by Crippen LogP contribution is -2.36. The third-order valence-electron chi connectivity index (χ3n) is 3.37. The summed E-state index contributed by atoms with van der Waals surface area (Å²) >= 11 is 0. The van der Waals surface area contributed by atoms with Gasteiger partial charge in [0.1, 0.15) is 11.6 Å². The molecule has 0 spiro atoms. The number of nitrogens with zero attached hydrogens (tertiary/aromatic N) is 1. The van der Waals surface area contributed by atoms with Crippen molar-refractivity contribution >= 4 is 0 Å². The van der Waals surface area contributed by atoms with Gasteiger partial charge in [0.25, 0.3) is 0 Å². The quantitative estimate of drug-likeness (QED) is 0.895. The van der Waals surface area contributed by atoms with E-state index in [1.54, 1.807) is 0 Å². The van der Waals surface area contributed by atoms with E-state index in [1.807, 2.05) is 6.92 Å². The summed E-state index contributed by atoms with van der Waals surface area (Å²) in [6.45, 7) is 5.23. The summed E-state index contributed by atoms with van der Waals surface area (Å²) in [6, 6.07) is 4.10. The highest BCUT2D eigenvalue weighted by Crippen LogP contribution is 2.22. The van der Waals surface area contributed by atoms with E-state index in [0.29, 0.717) is 18.2 Å². The van der Waals surface area contributed by atoms with Crippen LogP contribution in [0, 0.1) is 5.82 Å². The molecule has 0 radical (unpaired) electrons. The van der Waals surface area contributed by atoms with E-state index >= 15 is 0 Å². The summed E-state index contributed by atoms with van der Waals surface area (Å²) in [4.78, 5) is 2.23. The lowest BCUT2D eigenvalue weighted by Gasteiger charge is -2.31. The molecule has 3 nitrogen and oxygen atoms in total. The molecule has 0 atom stereocenters. The van der Waals surface area contributed by atoms with Crippen LogP contribution in [0.15, 0.2) is 18.2 Å². The van der Waals surface area contributed by atoms with Crippen molar-refractivity contribution in [2.45, 2.75) is 32.4 Å². The Bertz CT molecular complexity index is 389. The minimum atomic E-state index is -0.299. The maximum atomic E-state index is 13.1. The van der Waals surface area contributed by atoms with E-state index < -0.39 is 0 Å². The Morgan fingerprint density at radius 2 is 2.11 bits per heavy atom. The molecule has 0 bridgehead atoms. The molecule has 1 aromatic carbocycles. The van der Waals surface area contributed by atoms with Crippen LogP contribution in [0.5, 0.6) is 5.75 Å². The van der Waals surface area contributed by atoms with Crippen molar-refractivity contribution in [1.82, 2.24) is 4.90 Å². The van der Waals surface area contributed by atoms with Crippen LogP contribution in [0.2, 0.25) is 0 Å². The van der Waals surface area contributed by atoms with Gasteiger partial charge in [-0.15, -0.1) is 0 Å². The third-order valence-corrected chi connectivity index (χ3v) is 3.37. The molecule has 1 aromatic rings. The number of ether oxygens (including phenoxy) is 1. The fraction of sp³-hybridized carbons (Fsp3) is 0.571. The summed E-state index contributed by atoms with van der Waals surface area (Å²) in [7, 11) is 0. The van der Waals surface area contributed by atoms with Gasteiger partial charge in [-0.1, -0.05) is 0 Å². The smallest absolute Gasteiger partial charge is 0.123 e. The second kappa shape index (κ2) is 6.16. The number of hydrogen-bond donors (Lipinski definition) is 1. The Balaban J connectivity index is 1.89. The van der Waals surface area contributed by atoms with Gasteiger partial charge in [-0.05, 0) is 38.0 Å². The maximum Gasteiger partial charge on any atom is 0.123 e. The highest BCUT2D eigenvalue weighted by atomic mass is 19.1. The fourth-order valence-corrected chi connectivity index (χ4v) is 2.39. The number of phenols is 1. The van der Waals surface area contributed by atoms with Crippen LogP contribution in [0.3, 0.4) is 0 Å². The van der Waals surface area contributed by atoms with E-state index in [0.717, 1.165) is 32.5 Å². The number of piperidine rings is 1. The molecule has 1 aliphatic heterocycles. The van der Waals surface area contributed by atoms with Crippen molar-refractivity contribution in [3.05, 3.63) is 29.6 Å². The topological polar surface area (TPSA) is 32.7 Å². The predicted molar refractivity (Wildman–Crippen MR) is 68.0 cm³/mol. The van der Waals surface area contributed by atoms with Gasteiger partial charge in [-0.3, -0.25) is 4.90 Å². The standard InChI is InChI=1S/C14H20FNO2/c1-2-18-13-5-7-16(8-6-13)10-11-9-12(15)3-4-14(11)17/h3-4,9,13,17H,2,5-8,10H2,1H3. The minimum Gasteiger partial charge on any atom is -0.508 e. The van der Waals surface area contributed by atoms with Gasteiger partial charge >= 0.3 is 0 Å². The lowest BCUT2D eigenvalue weighted by atomic mass is 10.1. The zero-order valence-electron chi connectivity index (χ0n) is 10.7. The van der Waals surface area contributed by atoms with Crippen LogP contribution in [-0.2, 0) is 11.3 Å². The van der Waals surface area contributed by atoms with Crippen LogP contribution in [0.4, 0.5) is 4.39 Å². The lowest BCUT2D eigenvalue weighted by molar-refractivity contribution is 0.0124. The molecule has 100 valence electrons. The van der Waals surface area contributed by atoms with Crippen LogP contribution < -0.4 is 0 Å². The third kappa shape index (κ3) is 3.43. The van der Waals surface area contributed by atoms with Gasteiger partial charge in [-0.25, -0.2) is 4.39 Å². The van der Waals surface area contributed by atoms with Crippen LogP contribution in [0.25, 0.3) is 0 Å². The first-order chi connectivity index (χ1) is 8.69. The zero-order valence-corrected chi connectivity index (χ0v) is 10.7. The second-order valence-corrected chi connectivity index (χ2v) is 4.70. The Labute approximate surface area is 107 Å². The number of benzene rings is 1. The molecular formula is C14H20FNO2. The zero-order chi connectivity index (χ0) is 13.0. The van der Waals surface area contributed by atoms with E-state index in [-0.39, 0.29) is 11.6 Å². The number of hydrogen-bond acceptors (Lipinski definition) is 3. The van der Waals surface area contributed by atoms with Gasteiger partial charge in [0.2, 0.25) is 0 Å². The van der Waals surface area contributed by atoms with Gasteiger partial charge in [0, 0.05) is 31.8 Å². The molecule has 0 amide bonds. The number of rotatable bonds is 4. The molecule has 1 N–H and O–H groups in total. The number of aromatic hydroxyl groups is 1. The van der Waals surface area contributed by atoms with E-state index in [2.05, 4.69) is 4.90 Å². The predicted octanol–water partition coefficient (Wildman–Crippen LogP) is 2.53. The minimum absolute atomic E-state index is 0.170. The molecule has 2 rings (SSSR count). The Kier molecular flexibility index (Phi) is 4.55. The van der Waals surface area contributed by atoms with Crippen LogP contribution >= 0.6 is 0 Å². The molecule has 4 heteroatoms. The van der Waals surface area contributed by atoms with Crippen molar-refractivity contribution in [3.63, 3.8) is 0 Å².